The summed E-state index contributed by atoms with van der Waals surface area (Å²) in [6.45, 7) is 6.61. The van der Waals surface area contributed by atoms with Crippen LogP contribution in [0.4, 0.5) is 0 Å². The predicted molar refractivity (Wildman–Crippen MR) is 80.6 cm³/mol. The molecule has 0 amide bonds. The van der Waals surface area contributed by atoms with E-state index < -0.39 is 0 Å². The molecule has 0 aliphatic carbocycles. The van der Waals surface area contributed by atoms with Crippen LogP contribution in [0.3, 0.4) is 0 Å². The van der Waals surface area contributed by atoms with Gasteiger partial charge in [0.15, 0.2) is 0 Å². The summed E-state index contributed by atoms with van der Waals surface area (Å²) in [4.78, 5) is 2.40. The minimum Gasteiger partial charge on any atom is -0.469 e. The number of hydrogen-bond donors (Lipinski definition) is 1. The average molecular weight is 280 g/mol. The molecule has 4 heteroatoms. The molecule has 0 bridgehead atoms. The maximum atomic E-state index is 6.14. The second-order valence-electron chi connectivity index (χ2n) is 6.02. The van der Waals surface area contributed by atoms with Crippen molar-refractivity contribution >= 4 is 0 Å². The topological polar surface area (TPSA) is 51.6 Å². The first-order valence-electron chi connectivity index (χ1n) is 7.67. The molecule has 1 aliphatic heterocycles. The molecule has 1 saturated heterocycles. The SMILES string of the molecule is CCCC1CC(CN)(N(C)Cc2ccoc2C)CCO1. The lowest BCUT2D eigenvalue weighted by Gasteiger charge is -2.46. The first-order valence-corrected chi connectivity index (χ1v) is 7.67. The Bertz CT molecular complexity index is 416. The molecule has 114 valence electrons. The zero-order valence-corrected chi connectivity index (χ0v) is 13.0. The third kappa shape index (κ3) is 3.25. The van der Waals surface area contributed by atoms with Crippen molar-refractivity contribution in [3.05, 3.63) is 23.7 Å². The van der Waals surface area contributed by atoms with E-state index in [1.807, 2.05) is 6.92 Å². The monoisotopic (exact) mass is 280 g/mol. The van der Waals surface area contributed by atoms with Crippen LogP contribution in [-0.2, 0) is 11.3 Å². The maximum absolute atomic E-state index is 6.14. The Kier molecular flexibility index (Phi) is 5.24. The number of rotatable bonds is 6. The molecule has 1 aromatic rings. The van der Waals surface area contributed by atoms with Crippen molar-refractivity contribution in [1.82, 2.24) is 4.90 Å². The van der Waals surface area contributed by atoms with Crippen molar-refractivity contribution in [2.75, 3.05) is 20.2 Å². The quantitative estimate of drug-likeness (QED) is 0.870. The Morgan fingerprint density at radius 2 is 2.30 bits per heavy atom. The van der Waals surface area contributed by atoms with Gasteiger partial charge in [-0.3, -0.25) is 4.90 Å². The molecule has 0 saturated carbocycles. The largest absolute Gasteiger partial charge is 0.469 e. The number of aryl methyl sites for hydroxylation is 1. The van der Waals surface area contributed by atoms with Crippen molar-refractivity contribution in [1.29, 1.82) is 0 Å². The first-order chi connectivity index (χ1) is 9.61. The van der Waals surface area contributed by atoms with Gasteiger partial charge in [-0.05, 0) is 39.3 Å². The number of nitrogens with two attached hydrogens (primary N) is 1. The summed E-state index contributed by atoms with van der Waals surface area (Å²) in [6, 6.07) is 2.05. The molecule has 1 fully saturated rings. The number of likely N-dealkylation sites (N-methyl/N-ethyl adjacent to an activating group) is 1. The summed E-state index contributed by atoms with van der Waals surface area (Å²) in [5, 5.41) is 0. The van der Waals surface area contributed by atoms with Gasteiger partial charge in [0, 0.05) is 30.8 Å². The van der Waals surface area contributed by atoms with Gasteiger partial charge < -0.3 is 14.9 Å². The zero-order chi connectivity index (χ0) is 14.6. The molecule has 2 unspecified atom stereocenters. The van der Waals surface area contributed by atoms with Crippen LogP contribution in [0.2, 0.25) is 0 Å². The van der Waals surface area contributed by atoms with Crippen molar-refractivity contribution in [2.24, 2.45) is 5.73 Å². The average Bonchev–Trinajstić information content (AvgIpc) is 2.85. The minimum atomic E-state index is 0.0573. The number of furan rings is 1. The van der Waals surface area contributed by atoms with Crippen LogP contribution >= 0.6 is 0 Å². The predicted octanol–water partition coefficient (Wildman–Crippen LogP) is 2.70. The Morgan fingerprint density at radius 3 is 2.90 bits per heavy atom. The molecule has 2 atom stereocenters. The highest BCUT2D eigenvalue weighted by Crippen LogP contribution is 2.32. The Labute approximate surface area is 122 Å². The van der Waals surface area contributed by atoms with E-state index in [2.05, 4.69) is 24.9 Å². The second-order valence-corrected chi connectivity index (χ2v) is 6.02. The van der Waals surface area contributed by atoms with Crippen molar-refractivity contribution in [3.8, 4) is 0 Å². The third-order valence-corrected chi connectivity index (χ3v) is 4.70. The molecule has 20 heavy (non-hydrogen) atoms. The molecule has 0 radical (unpaired) electrons. The smallest absolute Gasteiger partial charge is 0.105 e. The highest BCUT2D eigenvalue weighted by molar-refractivity contribution is 5.16. The molecule has 2 N–H and O–H groups in total. The zero-order valence-electron chi connectivity index (χ0n) is 13.0. The Morgan fingerprint density at radius 1 is 1.50 bits per heavy atom. The van der Waals surface area contributed by atoms with E-state index in [0.29, 0.717) is 12.6 Å². The molecule has 0 spiro atoms. The van der Waals surface area contributed by atoms with Gasteiger partial charge in [0.2, 0.25) is 0 Å². The van der Waals surface area contributed by atoms with E-state index in [-0.39, 0.29) is 5.54 Å². The lowest BCUT2D eigenvalue weighted by atomic mass is 9.83. The lowest BCUT2D eigenvalue weighted by Crippen LogP contribution is -2.56. The number of hydrogen-bond acceptors (Lipinski definition) is 4. The molecule has 1 aromatic heterocycles. The summed E-state index contributed by atoms with van der Waals surface area (Å²) in [5.41, 5.74) is 7.45. The van der Waals surface area contributed by atoms with Gasteiger partial charge in [0.1, 0.15) is 5.76 Å². The van der Waals surface area contributed by atoms with Gasteiger partial charge in [-0.1, -0.05) is 13.3 Å². The van der Waals surface area contributed by atoms with Crippen molar-refractivity contribution < 1.29 is 9.15 Å². The van der Waals surface area contributed by atoms with E-state index in [1.165, 1.54) is 5.56 Å². The second kappa shape index (κ2) is 6.74. The highest BCUT2D eigenvalue weighted by atomic mass is 16.5. The minimum absolute atomic E-state index is 0.0573. The van der Waals surface area contributed by atoms with Crippen LogP contribution in [0.5, 0.6) is 0 Å². The van der Waals surface area contributed by atoms with Gasteiger partial charge in [-0.2, -0.15) is 0 Å². The molecular weight excluding hydrogens is 252 g/mol. The van der Waals surface area contributed by atoms with Crippen molar-refractivity contribution in [2.45, 2.75) is 57.7 Å². The van der Waals surface area contributed by atoms with Gasteiger partial charge in [0.25, 0.3) is 0 Å². The normalized spacial score (nSPS) is 27.1. The highest BCUT2D eigenvalue weighted by Gasteiger charge is 2.39. The summed E-state index contributed by atoms with van der Waals surface area (Å²) >= 11 is 0. The fraction of sp³-hybridized carbons (Fsp3) is 0.750. The van der Waals surface area contributed by atoms with Gasteiger partial charge in [-0.25, -0.2) is 0 Å². The van der Waals surface area contributed by atoms with E-state index in [0.717, 1.165) is 44.6 Å². The van der Waals surface area contributed by atoms with E-state index >= 15 is 0 Å². The molecule has 2 rings (SSSR count). The van der Waals surface area contributed by atoms with Gasteiger partial charge >= 0.3 is 0 Å². The van der Waals surface area contributed by atoms with Crippen LogP contribution in [0.1, 0.15) is 43.9 Å². The van der Waals surface area contributed by atoms with E-state index in [9.17, 15) is 0 Å². The standard InChI is InChI=1S/C16H28N2O2/c1-4-5-15-10-16(12-17,7-9-20-15)18(3)11-14-6-8-19-13(14)2/h6,8,15H,4-5,7,9-12,17H2,1-3H3. The summed E-state index contributed by atoms with van der Waals surface area (Å²) in [6.07, 6.45) is 6.44. The van der Waals surface area contributed by atoms with Crippen LogP contribution in [0, 0.1) is 6.92 Å². The van der Waals surface area contributed by atoms with Crippen LogP contribution < -0.4 is 5.73 Å². The first kappa shape index (κ1) is 15.5. The number of nitrogens with zero attached hydrogens (tertiary/aromatic N) is 1. The van der Waals surface area contributed by atoms with Crippen LogP contribution in [-0.4, -0.2) is 36.7 Å². The Balaban J connectivity index is 2.07. The molecule has 1 aliphatic rings. The van der Waals surface area contributed by atoms with Crippen LogP contribution in [0.25, 0.3) is 0 Å². The van der Waals surface area contributed by atoms with E-state index in [1.54, 1.807) is 6.26 Å². The molecule has 0 aromatic carbocycles. The molecule has 2 heterocycles. The summed E-state index contributed by atoms with van der Waals surface area (Å²) in [5.74, 6) is 1.00. The number of ether oxygens (including phenoxy) is 1. The molecule has 4 nitrogen and oxygen atoms in total. The summed E-state index contributed by atoms with van der Waals surface area (Å²) < 4.78 is 11.3. The fourth-order valence-corrected chi connectivity index (χ4v) is 3.19. The maximum Gasteiger partial charge on any atom is 0.105 e. The molecular formula is C16H28N2O2. The van der Waals surface area contributed by atoms with Crippen LogP contribution in [0.15, 0.2) is 16.7 Å². The van der Waals surface area contributed by atoms with Gasteiger partial charge in [0.05, 0.1) is 12.4 Å². The third-order valence-electron chi connectivity index (χ3n) is 4.70. The summed E-state index contributed by atoms with van der Waals surface area (Å²) in [7, 11) is 2.17. The van der Waals surface area contributed by atoms with Gasteiger partial charge in [-0.15, -0.1) is 0 Å². The Hall–Kier alpha value is -0.840. The van der Waals surface area contributed by atoms with E-state index in [4.69, 9.17) is 14.9 Å². The fourth-order valence-electron chi connectivity index (χ4n) is 3.19. The van der Waals surface area contributed by atoms with Crippen molar-refractivity contribution in [3.63, 3.8) is 0 Å². The lowest BCUT2D eigenvalue weighted by molar-refractivity contribution is -0.0691.